The lowest BCUT2D eigenvalue weighted by atomic mass is 10.2. The fourth-order valence-electron chi connectivity index (χ4n) is 1.89. The number of rotatable bonds is 8. The van der Waals surface area contributed by atoms with Gasteiger partial charge in [0.25, 0.3) is 0 Å². The zero-order valence-electron chi connectivity index (χ0n) is 11.2. The van der Waals surface area contributed by atoms with Crippen LogP contribution in [0.25, 0.3) is 0 Å². The summed E-state index contributed by atoms with van der Waals surface area (Å²) >= 11 is 4.66. The molecule has 1 N–H and O–H groups in total. The van der Waals surface area contributed by atoms with Crippen molar-refractivity contribution in [2.24, 2.45) is 0 Å². The van der Waals surface area contributed by atoms with Gasteiger partial charge in [0, 0.05) is 6.54 Å². The molecule has 0 aliphatic carbocycles. The molecule has 0 fully saturated rings. The Bertz CT molecular complexity index is 356. The summed E-state index contributed by atoms with van der Waals surface area (Å²) in [5, 5.41) is 9.07. The quantitative estimate of drug-likeness (QED) is 0.731. The molecule has 100 valence electrons. The smallest absolute Gasteiger partial charge is 0.170 e. The van der Waals surface area contributed by atoms with Crippen LogP contribution < -0.4 is 0 Å². The molecule has 0 aliphatic heterocycles. The third-order valence-electron chi connectivity index (χ3n) is 2.78. The molecule has 0 unspecified atom stereocenters. The van der Waals surface area contributed by atoms with E-state index in [4.69, 9.17) is 5.11 Å². The van der Waals surface area contributed by atoms with E-state index in [-0.39, 0.29) is 5.05 Å². The Morgan fingerprint density at radius 1 is 1.11 bits per heavy atom. The van der Waals surface area contributed by atoms with Crippen LogP contribution in [-0.4, -0.2) is 53.7 Å². The predicted molar refractivity (Wildman–Crippen MR) is 80.1 cm³/mol. The first kappa shape index (κ1) is 15.1. The van der Waals surface area contributed by atoms with Crippen LogP contribution in [0.2, 0.25) is 0 Å². The Morgan fingerprint density at radius 3 is 2.33 bits per heavy atom. The largest absolute Gasteiger partial charge is 0.501 e. The van der Waals surface area contributed by atoms with Crippen molar-refractivity contribution < 1.29 is 5.11 Å². The van der Waals surface area contributed by atoms with Gasteiger partial charge in [0.2, 0.25) is 0 Å². The van der Waals surface area contributed by atoms with Crippen LogP contribution in [0.15, 0.2) is 30.3 Å². The highest BCUT2D eigenvalue weighted by Crippen LogP contribution is 2.03. The van der Waals surface area contributed by atoms with E-state index in [2.05, 4.69) is 48.4 Å². The van der Waals surface area contributed by atoms with Crippen LogP contribution in [0.3, 0.4) is 0 Å². The standard InChI is InChI=1S/C14H22N2OS/c1-15(11-13-7-4-3-5-8-13)9-6-10-16(2)12-14(17)18/h3-5,7-8H,6,9-12H2,1-2H3,(H,17,18). The first-order valence-electron chi connectivity index (χ1n) is 6.20. The molecule has 0 spiro atoms. The highest BCUT2D eigenvalue weighted by atomic mass is 32.1. The number of aliphatic hydroxyl groups excluding tert-OH is 1. The van der Waals surface area contributed by atoms with Crippen molar-refractivity contribution in [2.45, 2.75) is 13.0 Å². The minimum Gasteiger partial charge on any atom is -0.501 e. The zero-order valence-corrected chi connectivity index (χ0v) is 12.0. The van der Waals surface area contributed by atoms with Crippen LogP contribution in [0.4, 0.5) is 0 Å². The van der Waals surface area contributed by atoms with Gasteiger partial charge in [-0.2, -0.15) is 0 Å². The van der Waals surface area contributed by atoms with Gasteiger partial charge in [0.1, 0.15) is 0 Å². The Morgan fingerprint density at radius 2 is 1.72 bits per heavy atom. The molecule has 0 aromatic heterocycles. The van der Waals surface area contributed by atoms with Crippen LogP contribution in [-0.2, 0) is 6.54 Å². The third-order valence-corrected chi connectivity index (χ3v) is 2.91. The highest BCUT2D eigenvalue weighted by molar-refractivity contribution is 7.80. The van der Waals surface area contributed by atoms with Gasteiger partial charge in [0.15, 0.2) is 5.05 Å². The monoisotopic (exact) mass is 266 g/mol. The van der Waals surface area contributed by atoms with E-state index in [0.29, 0.717) is 6.54 Å². The summed E-state index contributed by atoms with van der Waals surface area (Å²) in [6.07, 6.45) is 1.07. The van der Waals surface area contributed by atoms with Crippen molar-refractivity contribution in [2.75, 3.05) is 33.7 Å². The summed E-state index contributed by atoms with van der Waals surface area (Å²) in [5.74, 6) is 0. The minimum absolute atomic E-state index is 0.0649. The summed E-state index contributed by atoms with van der Waals surface area (Å²) in [6, 6.07) is 10.5. The molecular weight excluding hydrogens is 244 g/mol. The second-order valence-electron chi connectivity index (χ2n) is 4.71. The molecule has 0 radical (unpaired) electrons. The fourth-order valence-corrected chi connectivity index (χ4v) is 2.12. The van der Waals surface area contributed by atoms with E-state index in [1.807, 2.05) is 18.0 Å². The van der Waals surface area contributed by atoms with E-state index < -0.39 is 0 Å². The lowest BCUT2D eigenvalue weighted by Gasteiger charge is -2.19. The number of nitrogens with zero attached hydrogens (tertiary/aromatic N) is 2. The summed E-state index contributed by atoms with van der Waals surface area (Å²) in [7, 11) is 4.10. The molecular formula is C14H22N2OS. The van der Waals surface area contributed by atoms with E-state index >= 15 is 0 Å². The van der Waals surface area contributed by atoms with Crippen molar-refractivity contribution in [3.8, 4) is 0 Å². The normalized spacial score (nSPS) is 11.1. The number of likely N-dealkylation sites (N-methyl/N-ethyl adjacent to an activating group) is 1. The van der Waals surface area contributed by atoms with E-state index in [1.165, 1.54) is 5.56 Å². The van der Waals surface area contributed by atoms with E-state index in [0.717, 1.165) is 26.1 Å². The maximum Gasteiger partial charge on any atom is 0.170 e. The lowest BCUT2D eigenvalue weighted by molar-refractivity contribution is 0.284. The molecule has 0 atom stereocenters. The zero-order chi connectivity index (χ0) is 13.4. The van der Waals surface area contributed by atoms with Gasteiger partial charge in [-0.15, -0.1) is 0 Å². The molecule has 0 saturated carbocycles. The maximum atomic E-state index is 9.01. The molecule has 3 nitrogen and oxygen atoms in total. The number of thiocarbonyl (C=S) groups is 1. The lowest BCUT2D eigenvalue weighted by Crippen LogP contribution is -2.28. The molecule has 1 aromatic rings. The Kier molecular flexibility index (Phi) is 6.86. The van der Waals surface area contributed by atoms with Gasteiger partial charge in [0.05, 0.1) is 6.54 Å². The number of hydrogen-bond donors (Lipinski definition) is 1. The van der Waals surface area contributed by atoms with Gasteiger partial charge >= 0.3 is 0 Å². The Hall–Kier alpha value is -0.970. The number of aliphatic hydroxyl groups is 1. The molecule has 0 heterocycles. The predicted octanol–water partition coefficient (Wildman–Crippen LogP) is 2.33. The minimum atomic E-state index is 0.0649. The van der Waals surface area contributed by atoms with Gasteiger partial charge in [-0.3, -0.25) is 4.90 Å². The fraction of sp³-hybridized carbons (Fsp3) is 0.500. The SMILES string of the molecule is CN(CCCN(C)Cc1ccccc1)CC(O)=S. The summed E-state index contributed by atoms with van der Waals surface area (Å²) in [5.41, 5.74) is 1.34. The van der Waals surface area contributed by atoms with E-state index in [9.17, 15) is 0 Å². The molecule has 0 saturated heterocycles. The van der Waals surface area contributed by atoms with Gasteiger partial charge in [-0.05, 0) is 51.4 Å². The van der Waals surface area contributed by atoms with Crippen molar-refractivity contribution in [3.05, 3.63) is 35.9 Å². The Balaban J connectivity index is 2.17. The van der Waals surface area contributed by atoms with Crippen molar-refractivity contribution in [1.82, 2.24) is 9.80 Å². The second kappa shape index (κ2) is 8.19. The molecule has 0 aliphatic rings. The average Bonchev–Trinajstić information content (AvgIpc) is 2.29. The summed E-state index contributed by atoms with van der Waals surface area (Å²) in [6.45, 7) is 3.44. The average molecular weight is 266 g/mol. The number of hydrogen-bond acceptors (Lipinski definition) is 3. The van der Waals surface area contributed by atoms with Crippen LogP contribution in [0, 0.1) is 0 Å². The first-order valence-corrected chi connectivity index (χ1v) is 6.61. The van der Waals surface area contributed by atoms with Crippen LogP contribution >= 0.6 is 12.2 Å². The maximum absolute atomic E-state index is 9.01. The Labute approximate surface area is 115 Å². The first-order chi connectivity index (χ1) is 8.58. The van der Waals surface area contributed by atoms with Crippen molar-refractivity contribution in [3.63, 3.8) is 0 Å². The molecule has 4 heteroatoms. The van der Waals surface area contributed by atoms with Gasteiger partial charge < -0.3 is 10.0 Å². The molecule has 1 rings (SSSR count). The molecule has 18 heavy (non-hydrogen) atoms. The summed E-state index contributed by atoms with van der Waals surface area (Å²) < 4.78 is 0. The summed E-state index contributed by atoms with van der Waals surface area (Å²) in [4.78, 5) is 4.35. The van der Waals surface area contributed by atoms with E-state index in [1.54, 1.807) is 0 Å². The molecule has 0 amide bonds. The number of benzene rings is 1. The van der Waals surface area contributed by atoms with Crippen molar-refractivity contribution in [1.29, 1.82) is 0 Å². The molecule has 1 aromatic carbocycles. The van der Waals surface area contributed by atoms with Gasteiger partial charge in [-0.1, -0.05) is 30.3 Å². The third kappa shape index (κ3) is 6.69. The van der Waals surface area contributed by atoms with Crippen LogP contribution in [0.1, 0.15) is 12.0 Å². The van der Waals surface area contributed by atoms with Gasteiger partial charge in [-0.25, -0.2) is 0 Å². The topological polar surface area (TPSA) is 26.7 Å². The van der Waals surface area contributed by atoms with Crippen LogP contribution in [0.5, 0.6) is 0 Å². The second-order valence-corrected chi connectivity index (χ2v) is 5.18. The van der Waals surface area contributed by atoms with Crippen molar-refractivity contribution >= 4 is 17.3 Å². The highest BCUT2D eigenvalue weighted by Gasteiger charge is 2.03. The molecule has 0 bridgehead atoms.